The highest BCUT2D eigenvalue weighted by Crippen LogP contribution is 2.28. The van der Waals surface area contributed by atoms with E-state index in [1.165, 1.54) is 18.2 Å². The van der Waals surface area contributed by atoms with Crippen molar-refractivity contribution in [1.29, 1.82) is 0 Å². The van der Waals surface area contributed by atoms with Crippen molar-refractivity contribution in [1.82, 2.24) is 5.32 Å². The Bertz CT molecular complexity index is 447. The molecule has 0 radical (unpaired) electrons. The molecule has 5 heteroatoms. The summed E-state index contributed by atoms with van der Waals surface area (Å²) < 4.78 is 12.9. The summed E-state index contributed by atoms with van der Waals surface area (Å²) >= 11 is 0. The molecule has 18 heavy (non-hydrogen) atoms. The van der Waals surface area contributed by atoms with Crippen molar-refractivity contribution in [2.75, 3.05) is 6.54 Å². The van der Waals surface area contributed by atoms with Gasteiger partial charge in [-0.3, -0.25) is 4.79 Å². The molecule has 1 amide bonds. The summed E-state index contributed by atoms with van der Waals surface area (Å²) in [6.07, 6.45) is 3.04. The van der Waals surface area contributed by atoms with E-state index in [9.17, 15) is 9.18 Å². The molecule has 0 spiro atoms. The van der Waals surface area contributed by atoms with Crippen LogP contribution in [0.3, 0.4) is 0 Å². The van der Waals surface area contributed by atoms with Crippen LogP contribution in [0.5, 0.6) is 0 Å². The van der Waals surface area contributed by atoms with Gasteiger partial charge < -0.3 is 11.1 Å². The van der Waals surface area contributed by atoms with E-state index < -0.39 is 0 Å². The predicted octanol–water partition coefficient (Wildman–Crippen LogP) is 2.17. The SMILES string of the molecule is Cc1cc(F)ccc1C(=O)NCC1(N)CCC1.Cl. The van der Waals surface area contributed by atoms with Crippen molar-refractivity contribution in [2.45, 2.75) is 31.7 Å². The van der Waals surface area contributed by atoms with E-state index in [1.54, 1.807) is 6.92 Å². The molecular weight excluding hydrogens is 255 g/mol. The van der Waals surface area contributed by atoms with Gasteiger partial charge in [-0.2, -0.15) is 0 Å². The van der Waals surface area contributed by atoms with E-state index in [0.717, 1.165) is 19.3 Å². The van der Waals surface area contributed by atoms with Crippen LogP contribution >= 0.6 is 12.4 Å². The lowest BCUT2D eigenvalue weighted by molar-refractivity contribution is 0.0929. The molecule has 0 aliphatic heterocycles. The minimum atomic E-state index is -0.326. The fraction of sp³-hybridized carbons (Fsp3) is 0.462. The Morgan fingerprint density at radius 2 is 2.17 bits per heavy atom. The lowest BCUT2D eigenvalue weighted by Crippen LogP contribution is -2.54. The third kappa shape index (κ3) is 3.21. The molecule has 0 aromatic heterocycles. The highest BCUT2D eigenvalue weighted by atomic mass is 35.5. The van der Waals surface area contributed by atoms with Crippen LogP contribution in [0.15, 0.2) is 18.2 Å². The number of halogens is 2. The maximum Gasteiger partial charge on any atom is 0.251 e. The first-order chi connectivity index (χ1) is 8.00. The van der Waals surface area contributed by atoms with Gasteiger partial charge >= 0.3 is 0 Å². The number of nitrogens with one attached hydrogen (secondary N) is 1. The van der Waals surface area contributed by atoms with Crippen LogP contribution in [0.2, 0.25) is 0 Å². The summed E-state index contributed by atoms with van der Waals surface area (Å²) in [7, 11) is 0. The Balaban J connectivity index is 0.00000162. The Hall–Kier alpha value is -1.13. The molecule has 1 aromatic rings. The van der Waals surface area contributed by atoms with Crippen LogP contribution in [0.4, 0.5) is 4.39 Å². The van der Waals surface area contributed by atoms with Crippen molar-refractivity contribution in [3.8, 4) is 0 Å². The van der Waals surface area contributed by atoms with E-state index in [1.807, 2.05) is 0 Å². The molecule has 100 valence electrons. The summed E-state index contributed by atoms with van der Waals surface area (Å²) in [5.41, 5.74) is 6.93. The normalized spacial score (nSPS) is 16.4. The van der Waals surface area contributed by atoms with E-state index in [-0.39, 0.29) is 29.7 Å². The Morgan fingerprint density at radius 1 is 1.50 bits per heavy atom. The number of amides is 1. The lowest BCUT2D eigenvalue weighted by atomic mass is 9.78. The predicted molar refractivity (Wildman–Crippen MR) is 71.5 cm³/mol. The number of nitrogens with two attached hydrogens (primary N) is 1. The summed E-state index contributed by atoms with van der Waals surface area (Å²) in [5.74, 6) is -0.507. The first kappa shape index (κ1) is 14.9. The minimum absolute atomic E-state index is 0. The maximum absolute atomic E-state index is 12.9. The monoisotopic (exact) mass is 272 g/mol. The zero-order chi connectivity index (χ0) is 12.5. The van der Waals surface area contributed by atoms with Crippen molar-refractivity contribution in [3.05, 3.63) is 35.1 Å². The highest BCUT2D eigenvalue weighted by Gasteiger charge is 2.32. The van der Waals surface area contributed by atoms with Crippen LogP contribution in [0.1, 0.15) is 35.2 Å². The van der Waals surface area contributed by atoms with Gasteiger partial charge in [0.05, 0.1) is 0 Å². The van der Waals surface area contributed by atoms with Gasteiger partial charge in [0.2, 0.25) is 0 Å². The van der Waals surface area contributed by atoms with Crippen LogP contribution in [-0.4, -0.2) is 18.0 Å². The molecule has 1 saturated carbocycles. The number of benzene rings is 1. The average Bonchev–Trinajstić information content (AvgIpc) is 2.23. The van der Waals surface area contributed by atoms with Gasteiger partial charge in [0.1, 0.15) is 5.82 Å². The topological polar surface area (TPSA) is 55.1 Å². The third-order valence-corrected chi connectivity index (χ3v) is 3.38. The zero-order valence-corrected chi connectivity index (χ0v) is 11.1. The van der Waals surface area contributed by atoms with Gasteiger partial charge in [0.25, 0.3) is 5.91 Å². The quantitative estimate of drug-likeness (QED) is 0.886. The Kier molecular flexibility index (Phi) is 4.71. The van der Waals surface area contributed by atoms with Gasteiger partial charge in [0.15, 0.2) is 0 Å². The first-order valence-corrected chi connectivity index (χ1v) is 5.83. The second kappa shape index (κ2) is 5.67. The summed E-state index contributed by atoms with van der Waals surface area (Å²) in [5, 5.41) is 2.82. The number of hydrogen-bond donors (Lipinski definition) is 2. The molecule has 0 heterocycles. The second-order valence-corrected chi connectivity index (χ2v) is 4.86. The molecule has 1 aliphatic carbocycles. The first-order valence-electron chi connectivity index (χ1n) is 5.83. The largest absolute Gasteiger partial charge is 0.350 e. The molecule has 2 rings (SSSR count). The van der Waals surface area contributed by atoms with Gasteiger partial charge in [-0.25, -0.2) is 4.39 Å². The number of carbonyl (C=O) groups is 1. The van der Waals surface area contributed by atoms with Crippen LogP contribution in [0.25, 0.3) is 0 Å². The van der Waals surface area contributed by atoms with Crippen LogP contribution in [0, 0.1) is 12.7 Å². The van der Waals surface area contributed by atoms with Crippen molar-refractivity contribution < 1.29 is 9.18 Å². The number of rotatable bonds is 3. The van der Waals surface area contributed by atoms with E-state index in [2.05, 4.69) is 5.32 Å². The molecule has 0 atom stereocenters. The summed E-state index contributed by atoms with van der Waals surface area (Å²) in [6.45, 7) is 2.21. The van der Waals surface area contributed by atoms with Crippen molar-refractivity contribution in [3.63, 3.8) is 0 Å². The molecule has 3 nitrogen and oxygen atoms in total. The van der Waals surface area contributed by atoms with Crippen LogP contribution < -0.4 is 11.1 Å². The highest BCUT2D eigenvalue weighted by molar-refractivity contribution is 5.95. The Labute approximate surface area is 112 Å². The van der Waals surface area contributed by atoms with Gasteiger partial charge in [-0.05, 0) is 49.9 Å². The number of carbonyl (C=O) groups excluding carboxylic acids is 1. The standard InChI is InChI=1S/C13H17FN2O.ClH/c1-9-7-10(14)3-4-11(9)12(17)16-8-13(15)5-2-6-13;/h3-4,7H,2,5-6,8,15H2,1H3,(H,16,17);1H. The van der Waals surface area contributed by atoms with Gasteiger partial charge in [-0.1, -0.05) is 0 Å². The minimum Gasteiger partial charge on any atom is -0.350 e. The van der Waals surface area contributed by atoms with E-state index in [4.69, 9.17) is 5.73 Å². The van der Waals surface area contributed by atoms with E-state index >= 15 is 0 Å². The molecule has 3 N–H and O–H groups in total. The average molecular weight is 273 g/mol. The number of aryl methyl sites for hydroxylation is 1. The fourth-order valence-electron chi connectivity index (χ4n) is 2.04. The third-order valence-electron chi connectivity index (χ3n) is 3.38. The maximum atomic E-state index is 12.9. The molecule has 1 aliphatic rings. The molecule has 0 unspecified atom stereocenters. The summed E-state index contributed by atoms with van der Waals surface area (Å²) in [4.78, 5) is 11.9. The molecule has 0 saturated heterocycles. The lowest BCUT2D eigenvalue weighted by Gasteiger charge is -2.38. The fourth-order valence-corrected chi connectivity index (χ4v) is 2.04. The van der Waals surface area contributed by atoms with Gasteiger partial charge in [-0.15, -0.1) is 12.4 Å². The summed E-state index contributed by atoms with van der Waals surface area (Å²) in [6, 6.07) is 4.16. The zero-order valence-electron chi connectivity index (χ0n) is 10.3. The van der Waals surface area contributed by atoms with Gasteiger partial charge in [0, 0.05) is 17.6 Å². The number of hydrogen-bond acceptors (Lipinski definition) is 2. The second-order valence-electron chi connectivity index (χ2n) is 4.86. The molecule has 1 aromatic carbocycles. The molecular formula is C13H18ClFN2O. The van der Waals surface area contributed by atoms with Crippen LogP contribution in [-0.2, 0) is 0 Å². The Morgan fingerprint density at radius 3 is 2.67 bits per heavy atom. The van der Waals surface area contributed by atoms with Crippen molar-refractivity contribution in [2.24, 2.45) is 5.73 Å². The molecule has 0 bridgehead atoms. The molecule has 1 fully saturated rings. The smallest absolute Gasteiger partial charge is 0.251 e. The van der Waals surface area contributed by atoms with E-state index in [0.29, 0.717) is 17.7 Å². The van der Waals surface area contributed by atoms with Crippen molar-refractivity contribution >= 4 is 18.3 Å².